The Bertz CT molecular complexity index is 1160. The van der Waals surface area contributed by atoms with Gasteiger partial charge in [-0.25, -0.2) is 15.0 Å². The topological polar surface area (TPSA) is 76.1 Å². The number of aryl methyl sites for hydroxylation is 1. The van der Waals surface area contributed by atoms with Crippen LogP contribution in [0.1, 0.15) is 5.69 Å². The molecule has 3 aromatic heterocycles. The van der Waals surface area contributed by atoms with Gasteiger partial charge in [-0.1, -0.05) is 0 Å². The summed E-state index contributed by atoms with van der Waals surface area (Å²) in [5.74, 6) is 0.562. The number of aromatic nitrogens is 4. The van der Waals surface area contributed by atoms with Gasteiger partial charge in [-0.15, -0.1) is 11.3 Å². The molecule has 1 fully saturated rings. The van der Waals surface area contributed by atoms with Crippen molar-refractivity contribution in [3.63, 3.8) is 0 Å². The molecule has 0 spiro atoms. The van der Waals surface area contributed by atoms with E-state index < -0.39 is 0 Å². The van der Waals surface area contributed by atoms with Gasteiger partial charge < -0.3 is 15.0 Å². The molecule has 1 aliphatic heterocycles. The minimum absolute atomic E-state index is 0.562. The Labute approximate surface area is 184 Å². The van der Waals surface area contributed by atoms with Crippen LogP contribution < -0.4 is 10.2 Å². The standard InChI is InChI=1S/C23H22N6OS/c1-16-21(31-22(26-16)17-3-2-9-24-15-17)20-8-10-25-23(28-20)27-18-4-6-19(7-5-18)29-11-13-30-14-12-29/h2-10,15H,11-14H2,1H3,(H,25,27,28). The van der Waals surface area contributed by atoms with Crippen LogP contribution in [0.15, 0.2) is 61.1 Å². The maximum absolute atomic E-state index is 5.43. The van der Waals surface area contributed by atoms with Crippen molar-refractivity contribution in [1.29, 1.82) is 0 Å². The predicted molar refractivity (Wildman–Crippen MR) is 124 cm³/mol. The van der Waals surface area contributed by atoms with Crippen LogP contribution in [0.4, 0.5) is 17.3 Å². The lowest BCUT2D eigenvalue weighted by Gasteiger charge is -2.28. The van der Waals surface area contributed by atoms with Crippen molar-refractivity contribution in [3.8, 4) is 21.1 Å². The van der Waals surface area contributed by atoms with Gasteiger partial charge in [0.05, 0.1) is 29.5 Å². The van der Waals surface area contributed by atoms with E-state index in [1.54, 1.807) is 23.7 Å². The second-order valence-electron chi connectivity index (χ2n) is 7.21. The molecule has 4 aromatic rings. The van der Waals surface area contributed by atoms with Crippen molar-refractivity contribution in [3.05, 3.63) is 66.7 Å². The van der Waals surface area contributed by atoms with Gasteiger partial charge in [-0.3, -0.25) is 4.98 Å². The first-order valence-electron chi connectivity index (χ1n) is 10.2. The fourth-order valence-corrected chi connectivity index (χ4v) is 4.52. The first-order valence-corrected chi connectivity index (χ1v) is 11.0. The van der Waals surface area contributed by atoms with E-state index >= 15 is 0 Å². The van der Waals surface area contributed by atoms with Gasteiger partial charge in [0.2, 0.25) is 5.95 Å². The van der Waals surface area contributed by atoms with Crippen molar-refractivity contribution in [1.82, 2.24) is 19.9 Å². The number of benzene rings is 1. The minimum atomic E-state index is 0.562. The van der Waals surface area contributed by atoms with Crippen molar-refractivity contribution >= 4 is 28.7 Å². The summed E-state index contributed by atoms with van der Waals surface area (Å²) in [6, 6.07) is 14.2. The van der Waals surface area contributed by atoms with E-state index in [4.69, 9.17) is 14.7 Å². The molecule has 0 unspecified atom stereocenters. The molecule has 0 bridgehead atoms. The summed E-state index contributed by atoms with van der Waals surface area (Å²) in [6.45, 7) is 5.41. The van der Waals surface area contributed by atoms with Crippen LogP contribution in [0.3, 0.4) is 0 Å². The Morgan fingerprint density at radius 3 is 2.61 bits per heavy atom. The third kappa shape index (κ3) is 4.40. The molecular weight excluding hydrogens is 408 g/mol. The molecule has 156 valence electrons. The summed E-state index contributed by atoms with van der Waals surface area (Å²) < 4.78 is 5.43. The minimum Gasteiger partial charge on any atom is -0.378 e. The van der Waals surface area contributed by atoms with Gasteiger partial charge in [-0.05, 0) is 49.4 Å². The molecule has 1 N–H and O–H groups in total. The highest BCUT2D eigenvalue weighted by Gasteiger charge is 2.14. The average Bonchev–Trinajstić information content (AvgIpc) is 3.23. The quantitative estimate of drug-likeness (QED) is 0.498. The predicted octanol–water partition coefficient (Wildman–Crippen LogP) is 4.55. The van der Waals surface area contributed by atoms with E-state index in [2.05, 4.69) is 44.5 Å². The lowest BCUT2D eigenvalue weighted by Crippen LogP contribution is -2.36. The molecule has 5 rings (SSSR count). The fourth-order valence-electron chi connectivity index (χ4n) is 3.50. The summed E-state index contributed by atoms with van der Waals surface area (Å²) in [6.07, 6.45) is 5.37. The first-order chi connectivity index (χ1) is 15.3. The zero-order valence-corrected chi connectivity index (χ0v) is 18.0. The number of hydrogen-bond donors (Lipinski definition) is 1. The SMILES string of the molecule is Cc1nc(-c2cccnc2)sc1-c1ccnc(Nc2ccc(N3CCOCC3)cc2)n1. The molecular formula is C23H22N6OS. The van der Waals surface area contributed by atoms with Crippen molar-refractivity contribution in [2.75, 3.05) is 36.5 Å². The molecule has 1 aliphatic rings. The van der Waals surface area contributed by atoms with Crippen LogP contribution in [0, 0.1) is 6.92 Å². The van der Waals surface area contributed by atoms with Crippen LogP contribution >= 0.6 is 11.3 Å². The van der Waals surface area contributed by atoms with E-state index in [0.717, 1.165) is 58.8 Å². The Balaban J connectivity index is 1.34. The van der Waals surface area contributed by atoms with Gasteiger partial charge in [0.25, 0.3) is 0 Å². The molecule has 31 heavy (non-hydrogen) atoms. The first kappa shape index (κ1) is 19.6. The Kier molecular flexibility index (Phi) is 5.56. The fraction of sp³-hybridized carbons (Fsp3) is 0.217. The molecule has 1 saturated heterocycles. The number of anilines is 3. The van der Waals surface area contributed by atoms with E-state index in [1.165, 1.54) is 5.69 Å². The number of nitrogens with zero attached hydrogens (tertiary/aromatic N) is 5. The third-order valence-electron chi connectivity index (χ3n) is 5.09. The number of nitrogens with one attached hydrogen (secondary N) is 1. The molecule has 0 saturated carbocycles. The Morgan fingerprint density at radius 1 is 1.00 bits per heavy atom. The lowest BCUT2D eigenvalue weighted by molar-refractivity contribution is 0.122. The third-order valence-corrected chi connectivity index (χ3v) is 6.32. The van der Waals surface area contributed by atoms with E-state index in [9.17, 15) is 0 Å². The Hall–Kier alpha value is -3.36. The number of morpholine rings is 1. The summed E-state index contributed by atoms with van der Waals surface area (Å²) in [4.78, 5) is 21.4. The van der Waals surface area contributed by atoms with Gasteiger partial charge >= 0.3 is 0 Å². The number of rotatable bonds is 5. The smallest absolute Gasteiger partial charge is 0.227 e. The van der Waals surface area contributed by atoms with Crippen LogP contribution in [-0.2, 0) is 4.74 Å². The summed E-state index contributed by atoms with van der Waals surface area (Å²) in [5, 5.41) is 4.25. The number of pyridine rings is 1. The van der Waals surface area contributed by atoms with Gasteiger partial charge in [0.15, 0.2) is 0 Å². The summed E-state index contributed by atoms with van der Waals surface area (Å²) in [5.41, 5.74) is 4.96. The van der Waals surface area contributed by atoms with Crippen LogP contribution in [0.5, 0.6) is 0 Å². The summed E-state index contributed by atoms with van der Waals surface area (Å²) >= 11 is 1.61. The lowest BCUT2D eigenvalue weighted by atomic mass is 10.2. The van der Waals surface area contributed by atoms with E-state index in [1.807, 2.05) is 31.3 Å². The molecule has 0 aliphatic carbocycles. The van der Waals surface area contributed by atoms with Crippen LogP contribution in [0.2, 0.25) is 0 Å². The highest BCUT2D eigenvalue weighted by molar-refractivity contribution is 7.18. The second-order valence-corrected chi connectivity index (χ2v) is 8.21. The highest BCUT2D eigenvalue weighted by atomic mass is 32.1. The molecule has 1 aromatic carbocycles. The van der Waals surface area contributed by atoms with E-state index in [0.29, 0.717) is 5.95 Å². The zero-order chi connectivity index (χ0) is 21.0. The highest BCUT2D eigenvalue weighted by Crippen LogP contribution is 2.34. The van der Waals surface area contributed by atoms with Crippen molar-refractivity contribution in [2.24, 2.45) is 0 Å². The molecule has 4 heterocycles. The van der Waals surface area contributed by atoms with Crippen molar-refractivity contribution < 1.29 is 4.74 Å². The maximum Gasteiger partial charge on any atom is 0.227 e. The number of hydrogen-bond acceptors (Lipinski definition) is 8. The normalized spacial score (nSPS) is 13.9. The second kappa shape index (κ2) is 8.79. The molecule has 0 atom stereocenters. The van der Waals surface area contributed by atoms with Crippen molar-refractivity contribution in [2.45, 2.75) is 6.92 Å². The molecule has 8 heteroatoms. The van der Waals surface area contributed by atoms with Crippen LogP contribution in [-0.4, -0.2) is 46.2 Å². The van der Waals surface area contributed by atoms with Crippen LogP contribution in [0.25, 0.3) is 21.1 Å². The molecule has 7 nitrogen and oxygen atoms in total. The Morgan fingerprint density at radius 2 is 1.84 bits per heavy atom. The molecule has 0 amide bonds. The number of ether oxygens (including phenoxy) is 1. The number of thiazole rings is 1. The zero-order valence-electron chi connectivity index (χ0n) is 17.2. The van der Waals surface area contributed by atoms with E-state index in [-0.39, 0.29) is 0 Å². The average molecular weight is 431 g/mol. The monoisotopic (exact) mass is 430 g/mol. The van der Waals surface area contributed by atoms with Gasteiger partial charge in [0.1, 0.15) is 5.01 Å². The molecule has 0 radical (unpaired) electrons. The maximum atomic E-state index is 5.43. The summed E-state index contributed by atoms with van der Waals surface area (Å²) in [7, 11) is 0. The largest absolute Gasteiger partial charge is 0.378 e. The van der Waals surface area contributed by atoms with Gasteiger partial charge in [-0.2, -0.15) is 0 Å². The van der Waals surface area contributed by atoms with Gasteiger partial charge in [0, 0.05) is 48.6 Å².